The van der Waals surface area contributed by atoms with Crippen LogP contribution in [0.15, 0.2) is 58.8 Å². The molecule has 0 aliphatic heterocycles. The molecule has 3 rings (SSSR count). The van der Waals surface area contributed by atoms with Gasteiger partial charge in [-0.2, -0.15) is 0 Å². The fourth-order valence-corrected chi connectivity index (χ4v) is 5.56. The summed E-state index contributed by atoms with van der Waals surface area (Å²) in [6.45, 7) is 1.94. The van der Waals surface area contributed by atoms with Gasteiger partial charge in [-0.05, 0) is 24.6 Å². The number of ether oxygens (including phenoxy) is 1. The second-order valence-corrected chi connectivity index (χ2v) is 8.66. The first-order chi connectivity index (χ1) is 12.8. The van der Waals surface area contributed by atoms with Gasteiger partial charge >= 0.3 is 5.97 Å². The number of methoxy groups -OCH3 is 1. The van der Waals surface area contributed by atoms with Crippen LogP contribution >= 0.6 is 22.9 Å². The minimum atomic E-state index is -4.09. The molecule has 0 saturated carbocycles. The highest BCUT2D eigenvalue weighted by Crippen LogP contribution is 2.37. The van der Waals surface area contributed by atoms with Crippen LogP contribution in [0.5, 0.6) is 0 Å². The number of hydrogen-bond donors (Lipinski definition) is 1. The number of carbonyl (C=O) groups is 1. The summed E-state index contributed by atoms with van der Waals surface area (Å²) in [5.41, 5.74) is 2.39. The standard InChI is InChI=1S/C19H16ClNO4S2/c1-12-7-9-13(10-8-12)14-11-26-17(19(22)25-2)18(14)27(23,24)21-16-6-4-3-5-15(16)20/h3-11,21H,1-2H3. The first-order valence-electron chi connectivity index (χ1n) is 7.87. The second-order valence-electron chi connectivity index (χ2n) is 5.75. The van der Waals surface area contributed by atoms with Crippen molar-refractivity contribution in [3.05, 3.63) is 69.4 Å². The molecule has 0 unspecified atom stereocenters. The number of sulfonamides is 1. The monoisotopic (exact) mass is 421 g/mol. The van der Waals surface area contributed by atoms with Crippen molar-refractivity contribution in [1.82, 2.24) is 0 Å². The lowest BCUT2D eigenvalue weighted by Gasteiger charge is -2.12. The van der Waals surface area contributed by atoms with E-state index in [9.17, 15) is 13.2 Å². The Balaban J connectivity index is 2.16. The number of para-hydroxylation sites is 1. The van der Waals surface area contributed by atoms with Gasteiger partial charge in [0.1, 0.15) is 9.77 Å². The van der Waals surface area contributed by atoms with Gasteiger partial charge in [-0.1, -0.05) is 53.6 Å². The van der Waals surface area contributed by atoms with Crippen molar-refractivity contribution in [2.45, 2.75) is 11.8 Å². The number of anilines is 1. The molecule has 1 N–H and O–H groups in total. The van der Waals surface area contributed by atoms with Crippen LogP contribution in [0.1, 0.15) is 15.2 Å². The van der Waals surface area contributed by atoms with E-state index in [1.165, 1.54) is 7.11 Å². The van der Waals surface area contributed by atoms with E-state index in [4.69, 9.17) is 16.3 Å². The maximum Gasteiger partial charge on any atom is 0.349 e. The number of carbonyl (C=O) groups excluding carboxylic acids is 1. The van der Waals surface area contributed by atoms with E-state index in [-0.39, 0.29) is 20.5 Å². The summed E-state index contributed by atoms with van der Waals surface area (Å²) >= 11 is 7.10. The Bertz CT molecular complexity index is 1090. The molecule has 3 aromatic rings. The van der Waals surface area contributed by atoms with Crippen molar-refractivity contribution < 1.29 is 17.9 Å². The van der Waals surface area contributed by atoms with Crippen LogP contribution in [-0.2, 0) is 14.8 Å². The molecule has 2 aromatic carbocycles. The lowest BCUT2D eigenvalue weighted by molar-refractivity contribution is 0.0602. The molecular formula is C19H16ClNO4S2. The molecule has 1 heterocycles. The summed E-state index contributed by atoms with van der Waals surface area (Å²) in [6.07, 6.45) is 0. The van der Waals surface area contributed by atoms with E-state index >= 15 is 0 Å². The van der Waals surface area contributed by atoms with Gasteiger partial charge in [-0.15, -0.1) is 11.3 Å². The average molecular weight is 422 g/mol. The molecule has 1 aromatic heterocycles. The van der Waals surface area contributed by atoms with E-state index in [1.807, 2.05) is 31.2 Å². The lowest BCUT2D eigenvalue weighted by Crippen LogP contribution is -2.17. The molecule has 0 spiro atoms. The fraction of sp³-hybridized carbons (Fsp3) is 0.105. The van der Waals surface area contributed by atoms with Crippen LogP contribution in [0, 0.1) is 6.92 Å². The van der Waals surface area contributed by atoms with Crippen molar-refractivity contribution in [3.63, 3.8) is 0 Å². The van der Waals surface area contributed by atoms with Gasteiger partial charge in [0.05, 0.1) is 17.8 Å². The van der Waals surface area contributed by atoms with Gasteiger partial charge in [0.2, 0.25) is 0 Å². The van der Waals surface area contributed by atoms with Crippen LogP contribution in [0.2, 0.25) is 5.02 Å². The normalized spacial score (nSPS) is 11.2. The van der Waals surface area contributed by atoms with Gasteiger partial charge in [0.25, 0.3) is 10.0 Å². The summed E-state index contributed by atoms with van der Waals surface area (Å²) in [7, 11) is -2.88. The largest absolute Gasteiger partial charge is 0.465 e. The molecule has 0 bridgehead atoms. The van der Waals surface area contributed by atoms with Gasteiger partial charge in [-0.25, -0.2) is 13.2 Å². The number of rotatable bonds is 5. The topological polar surface area (TPSA) is 72.5 Å². The van der Waals surface area contributed by atoms with E-state index < -0.39 is 16.0 Å². The molecule has 140 valence electrons. The van der Waals surface area contributed by atoms with Crippen LogP contribution < -0.4 is 4.72 Å². The highest BCUT2D eigenvalue weighted by molar-refractivity contribution is 7.93. The molecule has 0 aliphatic rings. The first kappa shape index (κ1) is 19.4. The number of thiophene rings is 1. The van der Waals surface area contributed by atoms with Gasteiger partial charge in [0, 0.05) is 10.9 Å². The average Bonchev–Trinajstić information content (AvgIpc) is 3.09. The Hall–Kier alpha value is -2.35. The molecule has 0 atom stereocenters. The molecule has 0 aliphatic carbocycles. The summed E-state index contributed by atoms with van der Waals surface area (Å²) in [5.74, 6) is -0.710. The third-order valence-electron chi connectivity index (χ3n) is 3.87. The maximum absolute atomic E-state index is 13.1. The smallest absolute Gasteiger partial charge is 0.349 e. The molecule has 0 saturated heterocycles. The predicted molar refractivity (Wildman–Crippen MR) is 108 cm³/mol. The van der Waals surface area contributed by atoms with Gasteiger partial charge in [-0.3, -0.25) is 4.72 Å². The third-order valence-corrected chi connectivity index (χ3v) is 6.73. The Kier molecular flexibility index (Phi) is 5.55. The predicted octanol–water partition coefficient (Wildman–Crippen LogP) is 4.96. The highest BCUT2D eigenvalue weighted by Gasteiger charge is 2.30. The maximum atomic E-state index is 13.1. The van der Waals surface area contributed by atoms with Crippen molar-refractivity contribution in [2.24, 2.45) is 0 Å². The number of nitrogens with one attached hydrogen (secondary N) is 1. The number of aryl methyl sites for hydroxylation is 1. The number of esters is 1. The van der Waals surface area contributed by atoms with E-state index in [1.54, 1.807) is 29.6 Å². The van der Waals surface area contributed by atoms with Crippen molar-refractivity contribution in [2.75, 3.05) is 11.8 Å². The quantitative estimate of drug-likeness (QED) is 0.590. The summed E-state index contributed by atoms with van der Waals surface area (Å²) in [5, 5.41) is 1.89. The number of hydrogen-bond acceptors (Lipinski definition) is 5. The summed E-state index contributed by atoms with van der Waals surface area (Å²) in [4.78, 5) is 12.1. The fourth-order valence-electron chi connectivity index (χ4n) is 2.52. The van der Waals surface area contributed by atoms with Crippen LogP contribution in [0.3, 0.4) is 0 Å². The highest BCUT2D eigenvalue weighted by atomic mass is 35.5. The first-order valence-corrected chi connectivity index (χ1v) is 10.6. The molecule has 0 amide bonds. The Morgan fingerprint density at radius 2 is 1.78 bits per heavy atom. The molecular weight excluding hydrogens is 406 g/mol. The van der Waals surface area contributed by atoms with Crippen LogP contribution in [-0.4, -0.2) is 21.5 Å². The second kappa shape index (κ2) is 7.72. The van der Waals surface area contributed by atoms with Crippen molar-refractivity contribution in [1.29, 1.82) is 0 Å². The third kappa shape index (κ3) is 4.00. The van der Waals surface area contributed by atoms with Gasteiger partial charge in [0.15, 0.2) is 0 Å². The van der Waals surface area contributed by atoms with E-state index in [0.717, 1.165) is 16.9 Å². The minimum absolute atomic E-state index is 0.00706. The Morgan fingerprint density at radius 3 is 2.41 bits per heavy atom. The SMILES string of the molecule is COC(=O)c1scc(-c2ccc(C)cc2)c1S(=O)(=O)Nc1ccccc1Cl. The zero-order chi connectivity index (χ0) is 19.6. The van der Waals surface area contributed by atoms with Gasteiger partial charge < -0.3 is 4.74 Å². The lowest BCUT2D eigenvalue weighted by atomic mass is 10.1. The van der Waals surface area contributed by atoms with E-state index in [0.29, 0.717) is 11.1 Å². The molecule has 27 heavy (non-hydrogen) atoms. The summed E-state index contributed by atoms with van der Waals surface area (Å²) in [6, 6.07) is 13.9. The Morgan fingerprint density at radius 1 is 1.11 bits per heavy atom. The molecule has 8 heteroatoms. The summed E-state index contributed by atoms with van der Waals surface area (Å²) < 4.78 is 33.5. The van der Waals surface area contributed by atoms with Crippen molar-refractivity contribution in [3.8, 4) is 11.1 Å². The zero-order valence-electron chi connectivity index (χ0n) is 14.5. The zero-order valence-corrected chi connectivity index (χ0v) is 16.9. The molecule has 0 radical (unpaired) electrons. The van der Waals surface area contributed by atoms with Crippen LogP contribution in [0.25, 0.3) is 11.1 Å². The van der Waals surface area contributed by atoms with E-state index in [2.05, 4.69) is 4.72 Å². The number of halogens is 1. The Labute approximate surface area is 166 Å². The number of benzene rings is 2. The molecule has 0 fully saturated rings. The van der Waals surface area contributed by atoms with Crippen LogP contribution in [0.4, 0.5) is 5.69 Å². The molecule has 5 nitrogen and oxygen atoms in total. The minimum Gasteiger partial charge on any atom is -0.465 e. The van der Waals surface area contributed by atoms with Crippen molar-refractivity contribution >= 4 is 44.6 Å².